The molecular formula is C12H16N4O3. The lowest BCUT2D eigenvalue weighted by Crippen LogP contribution is -2.22. The Morgan fingerprint density at radius 2 is 2.21 bits per heavy atom. The monoisotopic (exact) mass is 264 g/mol. The van der Waals surface area contributed by atoms with Crippen molar-refractivity contribution in [1.82, 2.24) is 10.3 Å². The van der Waals surface area contributed by atoms with Crippen LogP contribution in [0, 0.1) is 10.1 Å². The van der Waals surface area contributed by atoms with Crippen LogP contribution in [0.15, 0.2) is 22.6 Å². The van der Waals surface area contributed by atoms with Gasteiger partial charge in [0.25, 0.3) is 11.7 Å². The van der Waals surface area contributed by atoms with Gasteiger partial charge in [0.2, 0.25) is 0 Å². The number of anilines is 1. The summed E-state index contributed by atoms with van der Waals surface area (Å²) in [7, 11) is 0. The fourth-order valence-electron chi connectivity index (χ4n) is 1.66. The molecule has 0 amide bonds. The molecule has 0 aliphatic rings. The number of rotatable bonds is 7. The SMILES string of the molecule is CCCNCCNc1nc2ccc([N+](=O)[O-])cc2o1. The first-order valence-corrected chi connectivity index (χ1v) is 6.20. The van der Waals surface area contributed by atoms with Crippen molar-refractivity contribution >= 4 is 22.8 Å². The first kappa shape index (κ1) is 13.3. The van der Waals surface area contributed by atoms with E-state index in [0.29, 0.717) is 23.7 Å². The first-order chi connectivity index (χ1) is 9.20. The minimum absolute atomic E-state index is 0.000174. The Hall–Kier alpha value is -2.15. The highest BCUT2D eigenvalue weighted by Gasteiger charge is 2.11. The number of hydrogen-bond acceptors (Lipinski definition) is 6. The number of oxazole rings is 1. The van der Waals surface area contributed by atoms with Crippen LogP contribution in [0.25, 0.3) is 11.1 Å². The number of nitrogens with zero attached hydrogens (tertiary/aromatic N) is 2. The maximum atomic E-state index is 10.6. The summed E-state index contributed by atoms with van der Waals surface area (Å²) >= 11 is 0. The maximum Gasteiger partial charge on any atom is 0.295 e. The van der Waals surface area contributed by atoms with Crippen LogP contribution in [0.3, 0.4) is 0 Å². The summed E-state index contributed by atoms with van der Waals surface area (Å²) in [4.78, 5) is 14.4. The average molecular weight is 264 g/mol. The summed E-state index contributed by atoms with van der Waals surface area (Å²) in [6, 6.07) is 4.76. The molecule has 1 aromatic heterocycles. The highest BCUT2D eigenvalue weighted by atomic mass is 16.6. The number of hydrogen-bond donors (Lipinski definition) is 2. The third kappa shape index (κ3) is 3.41. The highest BCUT2D eigenvalue weighted by Crippen LogP contribution is 2.23. The number of fused-ring (bicyclic) bond motifs is 1. The van der Waals surface area contributed by atoms with E-state index < -0.39 is 4.92 Å². The summed E-state index contributed by atoms with van der Waals surface area (Å²) in [5.74, 6) is 0. The molecule has 0 aliphatic carbocycles. The second-order valence-corrected chi connectivity index (χ2v) is 4.10. The lowest BCUT2D eigenvalue weighted by Gasteiger charge is -2.02. The molecule has 1 aromatic carbocycles. The molecule has 2 N–H and O–H groups in total. The number of nitro groups is 1. The van der Waals surface area contributed by atoms with Crippen molar-refractivity contribution in [2.45, 2.75) is 13.3 Å². The highest BCUT2D eigenvalue weighted by molar-refractivity contribution is 5.77. The number of aromatic nitrogens is 1. The van der Waals surface area contributed by atoms with Crippen molar-refractivity contribution in [1.29, 1.82) is 0 Å². The molecule has 1 heterocycles. The van der Waals surface area contributed by atoms with Crippen molar-refractivity contribution in [3.8, 4) is 0 Å². The van der Waals surface area contributed by atoms with Gasteiger partial charge in [-0.05, 0) is 19.0 Å². The second kappa shape index (κ2) is 6.14. The summed E-state index contributed by atoms with van der Waals surface area (Å²) in [6.07, 6.45) is 1.09. The third-order valence-electron chi connectivity index (χ3n) is 2.59. The Balaban J connectivity index is 1.99. The van der Waals surface area contributed by atoms with Crippen LogP contribution < -0.4 is 10.6 Å². The molecule has 102 valence electrons. The molecule has 0 saturated carbocycles. The van der Waals surface area contributed by atoms with Crippen molar-refractivity contribution in [3.05, 3.63) is 28.3 Å². The smallest absolute Gasteiger partial charge is 0.295 e. The molecule has 0 atom stereocenters. The molecule has 19 heavy (non-hydrogen) atoms. The van der Waals surface area contributed by atoms with Crippen molar-refractivity contribution < 1.29 is 9.34 Å². The zero-order chi connectivity index (χ0) is 13.7. The van der Waals surface area contributed by atoms with Gasteiger partial charge in [-0.3, -0.25) is 10.1 Å². The van der Waals surface area contributed by atoms with Crippen LogP contribution in [0.4, 0.5) is 11.7 Å². The molecule has 2 rings (SSSR count). The molecule has 0 bridgehead atoms. The van der Waals surface area contributed by atoms with Crippen LogP contribution in [-0.4, -0.2) is 29.5 Å². The lowest BCUT2D eigenvalue weighted by molar-refractivity contribution is -0.384. The normalized spacial score (nSPS) is 10.8. The molecule has 0 aliphatic heterocycles. The molecule has 7 heteroatoms. The van der Waals surface area contributed by atoms with E-state index in [4.69, 9.17) is 4.42 Å². The fourth-order valence-corrected chi connectivity index (χ4v) is 1.66. The van der Waals surface area contributed by atoms with Crippen LogP contribution in [-0.2, 0) is 0 Å². The molecular weight excluding hydrogens is 248 g/mol. The van der Waals surface area contributed by atoms with Gasteiger partial charge in [-0.15, -0.1) is 0 Å². The Kier molecular flexibility index (Phi) is 4.30. The number of nitrogens with one attached hydrogen (secondary N) is 2. The van der Waals surface area contributed by atoms with Gasteiger partial charge in [0.1, 0.15) is 5.52 Å². The third-order valence-corrected chi connectivity index (χ3v) is 2.59. The van der Waals surface area contributed by atoms with Crippen LogP contribution in [0.2, 0.25) is 0 Å². The zero-order valence-corrected chi connectivity index (χ0v) is 10.7. The number of nitro benzene ring substituents is 1. The number of benzene rings is 1. The Morgan fingerprint density at radius 3 is 2.95 bits per heavy atom. The van der Waals surface area contributed by atoms with Gasteiger partial charge in [0, 0.05) is 19.2 Å². The van der Waals surface area contributed by atoms with E-state index >= 15 is 0 Å². The minimum atomic E-state index is -0.455. The molecule has 0 spiro atoms. The van der Waals surface area contributed by atoms with Gasteiger partial charge >= 0.3 is 0 Å². The molecule has 2 aromatic rings. The predicted molar refractivity (Wildman–Crippen MR) is 72.3 cm³/mol. The lowest BCUT2D eigenvalue weighted by atomic mass is 10.3. The van der Waals surface area contributed by atoms with E-state index in [-0.39, 0.29) is 5.69 Å². The van der Waals surface area contributed by atoms with Crippen LogP contribution in [0.1, 0.15) is 13.3 Å². The standard InChI is InChI=1S/C12H16N4O3/c1-2-5-13-6-7-14-12-15-10-4-3-9(16(17)18)8-11(10)19-12/h3-4,8,13H,2,5-7H2,1H3,(H,14,15). The fraction of sp³-hybridized carbons (Fsp3) is 0.417. The Labute approximate surface area is 110 Å². The van der Waals surface area contributed by atoms with E-state index in [9.17, 15) is 10.1 Å². The predicted octanol–water partition coefficient (Wildman–Crippen LogP) is 2.15. The van der Waals surface area contributed by atoms with Crippen LogP contribution >= 0.6 is 0 Å². The maximum absolute atomic E-state index is 10.6. The first-order valence-electron chi connectivity index (χ1n) is 6.20. The summed E-state index contributed by atoms with van der Waals surface area (Å²) < 4.78 is 5.41. The van der Waals surface area contributed by atoms with E-state index in [1.54, 1.807) is 6.07 Å². The van der Waals surface area contributed by atoms with E-state index in [1.165, 1.54) is 12.1 Å². The quantitative estimate of drug-likeness (QED) is 0.452. The van der Waals surface area contributed by atoms with E-state index in [0.717, 1.165) is 19.5 Å². The molecule has 7 nitrogen and oxygen atoms in total. The molecule has 0 radical (unpaired) electrons. The molecule has 0 unspecified atom stereocenters. The van der Waals surface area contributed by atoms with Gasteiger partial charge in [-0.1, -0.05) is 6.92 Å². The Morgan fingerprint density at radius 1 is 1.37 bits per heavy atom. The summed E-state index contributed by atoms with van der Waals surface area (Å²) in [5.41, 5.74) is 1.02. The van der Waals surface area contributed by atoms with E-state index in [1.807, 2.05) is 0 Å². The molecule has 0 fully saturated rings. The average Bonchev–Trinajstić information content (AvgIpc) is 2.80. The van der Waals surface area contributed by atoms with Crippen molar-refractivity contribution in [3.63, 3.8) is 0 Å². The van der Waals surface area contributed by atoms with Gasteiger partial charge in [0.15, 0.2) is 5.58 Å². The van der Waals surface area contributed by atoms with Crippen molar-refractivity contribution in [2.24, 2.45) is 0 Å². The zero-order valence-electron chi connectivity index (χ0n) is 10.7. The van der Waals surface area contributed by atoms with Gasteiger partial charge in [0.05, 0.1) is 11.0 Å². The van der Waals surface area contributed by atoms with Gasteiger partial charge in [-0.2, -0.15) is 4.98 Å². The largest absolute Gasteiger partial charge is 0.423 e. The van der Waals surface area contributed by atoms with Crippen molar-refractivity contribution in [2.75, 3.05) is 25.0 Å². The minimum Gasteiger partial charge on any atom is -0.423 e. The summed E-state index contributed by atoms with van der Waals surface area (Å²) in [5, 5.41) is 16.9. The second-order valence-electron chi connectivity index (χ2n) is 4.10. The topological polar surface area (TPSA) is 93.2 Å². The Bertz CT molecular complexity index is 567. The summed E-state index contributed by atoms with van der Waals surface area (Å²) in [6.45, 7) is 4.58. The van der Waals surface area contributed by atoms with Gasteiger partial charge < -0.3 is 15.1 Å². The molecule has 0 saturated heterocycles. The van der Waals surface area contributed by atoms with E-state index in [2.05, 4.69) is 22.5 Å². The number of non-ortho nitro benzene ring substituents is 1. The van der Waals surface area contributed by atoms with Gasteiger partial charge in [-0.25, -0.2) is 0 Å². The van der Waals surface area contributed by atoms with Crippen LogP contribution in [0.5, 0.6) is 0 Å².